The Morgan fingerprint density at radius 1 is 1.53 bits per heavy atom. The number of aliphatic hydroxyl groups excluding tert-OH is 1. The van der Waals surface area contributed by atoms with E-state index in [4.69, 9.17) is 18.9 Å². The fourth-order valence-electron chi connectivity index (χ4n) is 2.24. The molecule has 0 spiro atoms. The van der Waals surface area contributed by atoms with E-state index in [1.165, 1.54) is 0 Å². The lowest BCUT2D eigenvalue weighted by Gasteiger charge is -2.40. The molecule has 5 heteroatoms. The van der Waals surface area contributed by atoms with Crippen LogP contribution in [0.25, 0.3) is 0 Å². The standard InChI is InChI=1S/C12H20O5/c1-4-14-8(2)5-12(3)16-7-10-11(17-12)9(13)6-15-10/h9-11,13H,2,4-7H2,1,3H3/t9-,10+,11+,12-/m1/s1. The topological polar surface area (TPSA) is 57.2 Å². The quantitative estimate of drug-likeness (QED) is 0.742. The van der Waals surface area contributed by atoms with Crippen molar-refractivity contribution in [3.63, 3.8) is 0 Å². The van der Waals surface area contributed by atoms with Crippen molar-refractivity contribution in [3.05, 3.63) is 12.3 Å². The van der Waals surface area contributed by atoms with Crippen LogP contribution >= 0.6 is 0 Å². The van der Waals surface area contributed by atoms with E-state index in [9.17, 15) is 5.11 Å². The van der Waals surface area contributed by atoms with Crippen LogP contribution in [0.5, 0.6) is 0 Å². The predicted octanol–water partition coefficient (Wildman–Crippen LogP) is 0.818. The van der Waals surface area contributed by atoms with Crippen molar-refractivity contribution in [2.75, 3.05) is 19.8 Å². The molecule has 4 atom stereocenters. The third-order valence-electron chi connectivity index (χ3n) is 3.03. The van der Waals surface area contributed by atoms with Gasteiger partial charge in [0.05, 0.1) is 32.0 Å². The van der Waals surface area contributed by atoms with E-state index in [0.717, 1.165) is 0 Å². The third-order valence-corrected chi connectivity index (χ3v) is 3.03. The van der Waals surface area contributed by atoms with Crippen molar-refractivity contribution >= 4 is 0 Å². The van der Waals surface area contributed by atoms with Crippen LogP contribution in [0.4, 0.5) is 0 Å². The molecule has 2 aliphatic rings. The van der Waals surface area contributed by atoms with E-state index in [1.54, 1.807) is 0 Å². The molecule has 2 saturated heterocycles. The summed E-state index contributed by atoms with van der Waals surface area (Å²) in [6.45, 7) is 8.86. The van der Waals surface area contributed by atoms with Gasteiger partial charge in [0.2, 0.25) is 0 Å². The normalized spacial score (nSPS) is 41.0. The summed E-state index contributed by atoms with van der Waals surface area (Å²) in [5.74, 6) is -0.163. The molecule has 2 aliphatic heterocycles. The van der Waals surface area contributed by atoms with E-state index in [2.05, 4.69) is 6.58 Å². The summed E-state index contributed by atoms with van der Waals surface area (Å²) in [6.07, 6.45) is -0.609. The number of rotatable bonds is 4. The molecule has 2 heterocycles. The van der Waals surface area contributed by atoms with Gasteiger partial charge in [-0.25, -0.2) is 0 Å². The maximum absolute atomic E-state index is 9.73. The average Bonchev–Trinajstić information content (AvgIpc) is 2.60. The lowest BCUT2D eigenvalue weighted by molar-refractivity contribution is -0.310. The molecule has 0 aromatic heterocycles. The minimum atomic E-state index is -0.790. The molecule has 0 bridgehead atoms. The van der Waals surface area contributed by atoms with Crippen LogP contribution in [0.1, 0.15) is 20.3 Å². The largest absolute Gasteiger partial charge is 0.499 e. The molecule has 2 fully saturated rings. The van der Waals surface area contributed by atoms with Crippen LogP contribution < -0.4 is 0 Å². The smallest absolute Gasteiger partial charge is 0.173 e. The molecule has 0 aromatic rings. The first-order chi connectivity index (χ1) is 8.04. The van der Waals surface area contributed by atoms with E-state index in [1.807, 2.05) is 13.8 Å². The van der Waals surface area contributed by atoms with Crippen LogP contribution in [-0.2, 0) is 18.9 Å². The molecular formula is C12H20O5. The summed E-state index contributed by atoms with van der Waals surface area (Å²) in [6, 6.07) is 0. The molecule has 0 unspecified atom stereocenters. The predicted molar refractivity (Wildman–Crippen MR) is 60.4 cm³/mol. The highest BCUT2D eigenvalue weighted by Crippen LogP contribution is 2.34. The summed E-state index contributed by atoms with van der Waals surface area (Å²) in [7, 11) is 0. The second-order valence-electron chi connectivity index (χ2n) is 4.61. The molecule has 0 amide bonds. The Balaban J connectivity index is 1.95. The SMILES string of the molecule is C=C(C[C@]1(C)OC[C@@H]2OC[C@@H](O)[C@@H]2O1)OCC. The van der Waals surface area contributed by atoms with Crippen molar-refractivity contribution in [2.24, 2.45) is 0 Å². The fraction of sp³-hybridized carbons (Fsp3) is 0.833. The van der Waals surface area contributed by atoms with Gasteiger partial charge in [-0.1, -0.05) is 6.58 Å². The van der Waals surface area contributed by atoms with Gasteiger partial charge in [-0.2, -0.15) is 0 Å². The maximum atomic E-state index is 9.73. The van der Waals surface area contributed by atoms with Crippen LogP contribution in [0.2, 0.25) is 0 Å². The number of aliphatic hydroxyl groups is 1. The van der Waals surface area contributed by atoms with E-state index in [0.29, 0.717) is 32.0 Å². The van der Waals surface area contributed by atoms with Gasteiger partial charge in [0, 0.05) is 0 Å². The highest BCUT2D eigenvalue weighted by atomic mass is 16.7. The van der Waals surface area contributed by atoms with Gasteiger partial charge in [-0.15, -0.1) is 0 Å². The average molecular weight is 244 g/mol. The van der Waals surface area contributed by atoms with Crippen LogP contribution in [-0.4, -0.2) is 49.0 Å². The molecular weight excluding hydrogens is 224 g/mol. The van der Waals surface area contributed by atoms with Crippen molar-refractivity contribution in [1.82, 2.24) is 0 Å². The molecule has 0 aliphatic carbocycles. The molecule has 0 saturated carbocycles. The van der Waals surface area contributed by atoms with E-state index in [-0.39, 0.29) is 12.2 Å². The second-order valence-corrected chi connectivity index (χ2v) is 4.61. The van der Waals surface area contributed by atoms with Gasteiger partial charge >= 0.3 is 0 Å². The minimum absolute atomic E-state index is 0.168. The van der Waals surface area contributed by atoms with Gasteiger partial charge < -0.3 is 24.1 Å². The highest BCUT2D eigenvalue weighted by Gasteiger charge is 2.47. The Labute approximate surface area is 101 Å². The molecule has 1 N–H and O–H groups in total. The Morgan fingerprint density at radius 2 is 2.29 bits per heavy atom. The Kier molecular flexibility index (Phi) is 3.73. The molecule has 2 rings (SSSR count). The van der Waals surface area contributed by atoms with Gasteiger partial charge in [0.25, 0.3) is 0 Å². The number of hydrogen-bond acceptors (Lipinski definition) is 5. The van der Waals surface area contributed by atoms with Gasteiger partial charge in [0.15, 0.2) is 5.79 Å². The zero-order chi connectivity index (χ0) is 12.5. The first-order valence-electron chi connectivity index (χ1n) is 5.96. The molecule has 17 heavy (non-hydrogen) atoms. The molecule has 0 aromatic carbocycles. The zero-order valence-corrected chi connectivity index (χ0v) is 10.3. The fourth-order valence-corrected chi connectivity index (χ4v) is 2.24. The summed E-state index contributed by atoms with van der Waals surface area (Å²) >= 11 is 0. The summed E-state index contributed by atoms with van der Waals surface area (Å²) in [5.41, 5.74) is 0. The first-order valence-corrected chi connectivity index (χ1v) is 5.96. The number of hydrogen-bond donors (Lipinski definition) is 1. The maximum Gasteiger partial charge on any atom is 0.173 e. The van der Waals surface area contributed by atoms with Gasteiger partial charge in [-0.3, -0.25) is 0 Å². The van der Waals surface area contributed by atoms with Crippen molar-refractivity contribution < 1.29 is 24.1 Å². The van der Waals surface area contributed by atoms with Gasteiger partial charge in [-0.05, 0) is 13.8 Å². The first kappa shape index (κ1) is 12.8. The van der Waals surface area contributed by atoms with E-state index < -0.39 is 11.9 Å². The molecule has 98 valence electrons. The highest BCUT2D eigenvalue weighted by molar-refractivity contribution is 4.95. The number of ether oxygens (including phenoxy) is 4. The lowest BCUT2D eigenvalue weighted by Crippen LogP contribution is -2.51. The second kappa shape index (κ2) is 4.94. The van der Waals surface area contributed by atoms with E-state index >= 15 is 0 Å². The number of fused-ring (bicyclic) bond motifs is 1. The van der Waals surface area contributed by atoms with Crippen molar-refractivity contribution in [2.45, 2.75) is 44.4 Å². The monoisotopic (exact) mass is 244 g/mol. The Bertz CT molecular complexity index is 293. The Morgan fingerprint density at radius 3 is 3.00 bits per heavy atom. The zero-order valence-electron chi connectivity index (χ0n) is 10.3. The van der Waals surface area contributed by atoms with Crippen LogP contribution in [0, 0.1) is 0 Å². The van der Waals surface area contributed by atoms with Gasteiger partial charge in [0.1, 0.15) is 18.3 Å². The lowest BCUT2D eigenvalue weighted by atomic mass is 10.1. The van der Waals surface area contributed by atoms with Crippen molar-refractivity contribution in [3.8, 4) is 0 Å². The minimum Gasteiger partial charge on any atom is -0.499 e. The third kappa shape index (κ3) is 2.80. The van der Waals surface area contributed by atoms with Crippen molar-refractivity contribution in [1.29, 1.82) is 0 Å². The summed E-state index contributed by atoms with van der Waals surface area (Å²) in [5, 5.41) is 9.73. The molecule has 5 nitrogen and oxygen atoms in total. The molecule has 0 radical (unpaired) electrons. The van der Waals surface area contributed by atoms with Crippen LogP contribution in [0.3, 0.4) is 0 Å². The summed E-state index contributed by atoms with van der Waals surface area (Å²) < 4.78 is 22.1. The summed E-state index contributed by atoms with van der Waals surface area (Å²) in [4.78, 5) is 0. The Hall–Kier alpha value is -0.620. The van der Waals surface area contributed by atoms with Crippen LogP contribution in [0.15, 0.2) is 12.3 Å².